The second kappa shape index (κ2) is 13.1. The molecule has 0 aliphatic carbocycles. The molecule has 0 radical (unpaired) electrons. The van der Waals surface area contributed by atoms with E-state index in [1.807, 2.05) is 41.1 Å². The zero-order valence-corrected chi connectivity index (χ0v) is 21.9. The Morgan fingerprint density at radius 2 is 1.69 bits per heavy atom. The summed E-state index contributed by atoms with van der Waals surface area (Å²) in [5, 5.41) is 8.09. The van der Waals surface area contributed by atoms with Gasteiger partial charge in [0, 0.05) is 23.0 Å². The van der Waals surface area contributed by atoms with Crippen molar-refractivity contribution in [1.82, 2.24) is 9.78 Å². The first-order valence-electron chi connectivity index (χ1n) is 12.3. The lowest BCUT2D eigenvalue weighted by Gasteiger charge is -2.12. The number of anilines is 1. The van der Waals surface area contributed by atoms with E-state index in [2.05, 4.69) is 87.8 Å². The van der Waals surface area contributed by atoms with Crippen molar-refractivity contribution in [2.24, 2.45) is 0 Å². The van der Waals surface area contributed by atoms with Crippen LogP contribution in [0, 0.1) is 13.8 Å². The highest BCUT2D eigenvalue weighted by Gasteiger charge is 2.10. The standard InChI is InChI=1S/C23H27N3O.C9H10/c1-6-19-9-7-8-10-22(19)18(4)24-23-13-17(3)26(25-23)15-20-14-21(27-5)12-11-16(20)2;1-2-6-9-7-4-3-5-8-9/h7-14H,4,6,15H2,1-3,5H3,(H,24,25);2-5,7-8H,1,6H2. The average molecular weight is 480 g/mol. The number of aromatic nitrogens is 2. The quantitative estimate of drug-likeness (QED) is 0.251. The molecule has 4 aromatic rings. The van der Waals surface area contributed by atoms with Crippen LogP contribution < -0.4 is 10.1 Å². The molecule has 0 aliphatic rings. The normalized spacial score (nSPS) is 10.2. The summed E-state index contributed by atoms with van der Waals surface area (Å²) in [5.41, 5.74) is 8.12. The molecule has 4 heteroatoms. The zero-order valence-electron chi connectivity index (χ0n) is 21.9. The van der Waals surface area contributed by atoms with Gasteiger partial charge < -0.3 is 10.1 Å². The molecule has 0 fully saturated rings. The molecule has 0 atom stereocenters. The van der Waals surface area contributed by atoms with Gasteiger partial charge in [-0.15, -0.1) is 6.58 Å². The molecule has 0 saturated carbocycles. The third kappa shape index (κ3) is 7.22. The third-order valence-corrected chi connectivity index (χ3v) is 6.08. The Labute approximate surface area is 216 Å². The van der Waals surface area contributed by atoms with Gasteiger partial charge in [0.05, 0.1) is 13.7 Å². The van der Waals surface area contributed by atoms with Gasteiger partial charge in [0.1, 0.15) is 5.75 Å². The first kappa shape index (κ1) is 26.6. The highest BCUT2D eigenvalue weighted by Crippen LogP contribution is 2.23. The molecule has 186 valence electrons. The number of nitrogens with one attached hydrogen (secondary N) is 1. The van der Waals surface area contributed by atoms with E-state index in [0.29, 0.717) is 6.54 Å². The van der Waals surface area contributed by atoms with Gasteiger partial charge in [-0.25, -0.2) is 0 Å². The van der Waals surface area contributed by atoms with Gasteiger partial charge in [-0.1, -0.05) is 80.2 Å². The molecule has 1 N–H and O–H groups in total. The Bertz CT molecular complexity index is 1290. The second-order valence-corrected chi connectivity index (χ2v) is 8.71. The minimum atomic E-state index is 0.703. The maximum absolute atomic E-state index is 5.35. The van der Waals surface area contributed by atoms with Gasteiger partial charge in [-0.05, 0) is 61.1 Å². The van der Waals surface area contributed by atoms with Crippen LogP contribution >= 0.6 is 0 Å². The summed E-state index contributed by atoms with van der Waals surface area (Å²) in [4.78, 5) is 0. The smallest absolute Gasteiger partial charge is 0.152 e. The molecule has 36 heavy (non-hydrogen) atoms. The summed E-state index contributed by atoms with van der Waals surface area (Å²) in [6.07, 6.45) is 3.86. The van der Waals surface area contributed by atoms with Crippen LogP contribution in [0.3, 0.4) is 0 Å². The maximum Gasteiger partial charge on any atom is 0.152 e. The SMILES string of the molecule is C=C(Nc1cc(C)n(Cc2cc(OC)ccc2C)n1)c1ccccc1CC.C=CCc1ccccc1. The van der Waals surface area contributed by atoms with E-state index in [0.717, 1.165) is 41.4 Å². The monoisotopic (exact) mass is 479 g/mol. The number of hydrogen-bond donors (Lipinski definition) is 1. The molecular formula is C32H37N3O. The Morgan fingerprint density at radius 1 is 0.972 bits per heavy atom. The predicted molar refractivity (Wildman–Crippen MR) is 153 cm³/mol. The van der Waals surface area contributed by atoms with Gasteiger partial charge in [0.25, 0.3) is 0 Å². The van der Waals surface area contributed by atoms with Crippen molar-refractivity contribution >= 4 is 11.5 Å². The van der Waals surface area contributed by atoms with Crippen LogP contribution in [-0.2, 0) is 19.4 Å². The summed E-state index contributed by atoms with van der Waals surface area (Å²) in [6, 6.07) is 26.8. The van der Waals surface area contributed by atoms with Crippen LogP contribution in [0.15, 0.2) is 98.1 Å². The summed E-state index contributed by atoms with van der Waals surface area (Å²) < 4.78 is 7.36. The van der Waals surface area contributed by atoms with E-state index in [9.17, 15) is 0 Å². The lowest BCUT2D eigenvalue weighted by atomic mass is 10.0. The van der Waals surface area contributed by atoms with E-state index >= 15 is 0 Å². The fourth-order valence-corrected chi connectivity index (χ4v) is 3.96. The highest BCUT2D eigenvalue weighted by atomic mass is 16.5. The Balaban J connectivity index is 0.000000338. The van der Waals surface area contributed by atoms with Crippen molar-refractivity contribution in [3.8, 4) is 5.75 Å². The molecule has 0 saturated heterocycles. The van der Waals surface area contributed by atoms with E-state index < -0.39 is 0 Å². The Morgan fingerprint density at radius 3 is 2.39 bits per heavy atom. The fourth-order valence-electron chi connectivity index (χ4n) is 3.96. The fraction of sp³-hybridized carbons (Fsp3) is 0.219. The van der Waals surface area contributed by atoms with Gasteiger partial charge in [-0.2, -0.15) is 5.10 Å². The number of ether oxygens (including phenoxy) is 1. The second-order valence-electron chi connectivity index (χ2n) is 8.71. The van der Waals surface area contributed by atoms with E-state index in [1.165, 1.54) is 22.3 Å². The highest BCUT2D eigenvalue weighted by molar-refractivity contribution is 5.75. The summed E-state index contributed by atoms with van der Waals surface area (Å²) in [6.45, 7) is 14.9. The molecule has 1 aromatic heterocycles. The van der Waals surface area contributed by atoms with Crippen LogP contribution in [0.5, 0.6) is 5.75 Å². The minimum Gasteiger partial charge on any atom is -0.497 e. The Kier molecular flexibility index (Phi) is 9.70. The van der Waals surface area contributed by atoms with Crippen LogP contribution in [0.25, 0.3) is 5.70 Å². The van der Waals surface area contributed by atoms with Crippen LogP contribution in [0.2, 0.25) is 0 Å². The molecular weight excluding hydrogens is 442 g/mol. The molecule has 3 aromatic carbocycles. The molecule has 4 rings (SSSR count). The van der Waals surface area contributed by atoms with Crippen molar-refractivity contribution in [2.45, 2.75) is 40.2 Å². The van der Waals surface area contributed by atoms with E-state index in [1.54, 1.807) is 7.11 Å². The van der Waals surface area contributed by atoms with Gasteiger partial charge >= 0.3 is 0 Å². The van der Waals surface area contributed by atoms with Gasteiger partial charge in [-0.3, -0.25) is 4.68 Å². The van der Waals surface area contributed by atoms with Crippen molar-refractivity contribution in [3.05, 3.63) is 132 Å². The zero-order chi connectivity index (χ0) is 25.9. The topological polar surface area (TPSA) is 39.1 Å². The van der Waals surface area contributed by atoms with Crippen molar-refractivity contribution < 1.29 is 4.74 Å². The van der Waals surface area contributed by atoms with Gasteiger partial charge in [0.2, 0.25) is 0 Å². The largest absolute Gasteiger partial charge is 0.497 e. The number of rotatable bonds is 9. The van der Waals surface area contributed by atoms with Crippen LogP contribution in [0.1, 0.15) is 40.4 Å². The van der Waals surface area contributed by atoms with Gasteiger partial charge in [0.15, 0.2) is 5.82 Å². The number of benzene rings is 3. The lowest BCUT2D eigenvalue weighted by molar-refractivity contribution is 0.414. The van der Waals surface area contributed by atoms with Crippen LogP contribution in [-0.4, -0.2) is 16.9 Å². The maximum atomic E-state index is 5.35. The molecule has 0 bridgehead atoms. The molecule has 4 nitrogen and oxygen atoms in total. The lowest BCUT2D eigenvalue weighted by Crippen LogP contribution is -2.06. The molecule has 1 heterocycles. The number of aryl methyl sites for hydroxylation is 3. The first-order chi connectivity index (χ1) is 17.4. The molecule has 0 unspecified atom stereocenters. The summed E-state index contributed by atoms with van der Waals surface area (Å²) in [5.74, 6) is 1.67. The minimum absolute atomic E-state index is 0.703. The van der Waals surface area contributed by atoms with E-state index in [-0.39, 0.29) is 0 Å². The third-order valence-electron chi connectivity index (χ3n) is 6.08. The van der Waals surface area contributed by atoms with Crippen molar-refractivity contribution in [2.75, 3.05) is 12.4 Å². The van der Waals surface area contributed by atoms with Crippen LogP contribution in [0.4, 0.5) is 5.82 Å². The van der Waals surface area contributed by atoms with Crippen molar-refractivity contribution in [1.29, 1.82) is 0 Å². The van der Waals surface area contributed by atoms with E-state index in [4.69, 9.17) is 9.84 Å². The number of hydrogen-bond acceptors (Lipinski definition) is 3. The summed E-state index contributed by atoms with van der Waals surface area (Å²) in [7, 11) is 1.69. The Hall–Kier alpha value is -4.05. The number of nitrogens with zero attached hydrogens (tertiary/aromatic N) is 2. The number of methoxy groups -OCH3 is 1. The van der Waals surface area contributed by atoms with Crippen molar-refractivity contribution in [3.63, 3.8) is 0 Å². The predicted octanol–water partition coefficient (Wildman–Crippen LogP) is 7.62. The first-order valence-corrected chi connectivity index (χ1v) is 12.3. The molecule has 0 amide bonds. The number of allylic oxidation sites excluding steroid dienone is 1. The summed E-state index contributed by atoms with van der Waals surface area (Å²) >= 11 is 0. The molecule has 0 aliphatic heterocycles. The molecule has 0 spiro atoms. The average Bonchev–Trinajstić information content (AvgIpc) is 3.24.